The molecule has 0 unspecified atom stereocenters. The minimum absolute atomic E-state index is 0.0401. The number of nitrogens with zero attached hydrogens (tertiary/aromatic N) is 2. The summed E-state index contributed by atoms with van der Waals surface area (Å²) in [5.41, 5.74) is 1.46. The second-order valence-corrected chi connectivity index (χ2v) is 8.10. The monoisotopic (exact) mass is 431 g/mol. The average molecular weight is 432 g/mol. The fourth-order valence-corrected chi connectivity index (χ4v) is 3.97. The highest BCUT2D eigenvalue weighted by atomic mass is 35.5. The quantitative estimate of drug-likeness (QED) is 0.657. The minimum Gasteiger partial charge on any atom is -0.494 e. The number of rotatable bonds is 7. The topological polar surface area (TPSA) is 91.8 Å². The van der Waals surface area contributed by atoms with E-state index in [1.165, 1.54) is 19.4 Å². The number of methoxy groups -OCH3 is 1. The van der Waals surface area contributed by atoms with Crippen LogP contribution in [0, 0.1) is 0 Å². The maximum absolute atomic E-state index is 13.6. The summed E-state index contributed by atoms with van der Waals surface area (Å²) in [6.45, 7) is 4.41. The predicted molar refractivity (Wildman–Crippen MR) is 115 cm³/mol. The number of nitrogens with one attached hydrogen (secondary N) is 1. The largest absolute Gasteiger partial charge is 0.494 e. The number of likely N-dealkylation sites (tertiary alicyclic amines) is 1. The lowest BCUT2D eigenvalue weighted by Crippen LogP contribution is -2.66. The van der Waals surface area contributed by atoms with Crippen molar-refractivity contribution >= 4 is 29.1 Å². The van der Waals surface area contributed by atoms with Gasteiger partial charge in [-0.2, -0.15) is 0 Å². The van der Waals surface area contributed by atoms with Gasteiger partial charge in [0.2, 0.25) is 11.8 Å². The van der Waals surface area contributed by atoms with Gasteiger partial charge in [-0.1, -0.05) is 49.7 Å². The first kappa shape index (κ1) is 22.1. The van der Waals surface area contributed by atoms with Crippen molar-refractivity contribution in [3.63, 3.8) is 0 Å². The van der Waals surface area contributed by atoms with Crippen LogP contribution in [0.1, 0.15) is 37.3 Å². The molecule has 2 aromatic rings. The fourth-order valence-electron chi connectivity index (χ4n) is 3.83. The zero-order chi connectivity index (χ0) is 21.9. The Morgan fingerprint density at radius 1 is 1.33 bits per heavy atom. The van der Waals surface area contributed by atoms with Gasteiger partial charge in [0, 0.05) is 25.6 Å². The summed E-state index contributed by atoms with van der Waals surface area (Å²) >= 11 is 5.93. The lowest BCUT2D eigenvalue weighted by atomic mass is 9.69. The number of benzene rings is 1. The van der Waals surface area contributed by atoms with Crippen LogP contribution in [0.25, 0.3) is 0 Å². The molecule has 1 saturated heterocycles. The van der Waals surface area contributed by atoms with Gasteiger partial charge in [-0.25, -0.2) is 4.98 Å². The van der Waals surface area contributed by atoms with Crippen molar-refractivity contribution in [2.75, 3.05) is 32.1 Å². The van der Waals surface area contributed by atoms with Crippen molar-refractivity contribution in [1.29, 1.82) is 0 Å². The van der Waals surface area contributed by atoms with Gasteiger partial charge >= 0.3 is 0 Å². The fraction of sp³-hybridized carbons (Fsp3) is 0.409. The van der Waals surface area contributed by atoms with Gasteiger partial charge in [0.05, 0.1) is 19.9 Å². The standard InChI is InChI=1S/C22H26ClN3O4/c1-14(2)15-6-4-5-7-16(15)22(12-26(13-22)20(28)8-9-27)21(29)25-17-11-24-19(23)10-18(17)30-3/h4-7,10-11,14,27H,8-9,12-13H2,1-3H3,(H,25,29). The Bertz CT molecular complexity index is 942. The smallest absolute Gasteiger partial charge is 0.238 e. The number of carbonyl (C=O) groups is 2. The van der Waals surface area contributed by atoms with Gasteiger partial charge in [0.1, 0.15) is 22.0 Å². The van der Waals surface area contributed by atoms with E-state index in [1.807, 2.05) is 24.3 Å². The number of aliphatic hydroxyl groups excluding tert-OH is 1. The Labute approximate surface area is 181 Å². The van der Waals surface area contributed by atoms with Crippen molar-refractivity contribution in [2.45, 2.75) is 31.6 Å². The Balaban J connectivity index is 1.98. The molecule has 160 valence electrons. The molecule has 2 amide bonds. The molecule has 0 radical (unpaired) electrons. The van der Waals surface area contributed by atoms with E-state index in [0.717, 1.165) is 11.1 Å². The summed E-state index contributed by atoms with van der Waals surface area (Å²) in [6, 6.07) is 9.34. The van der Waals surface area contributed by atoms with E-state index in [2.05, 4.69) is 24.1 Å². The van der Waals surface area contributed by atoms with Crippen molar-refractivity contribution in [3.8, 4) is 5.75 Å². The van der Waals surface area contributed by atoms with Crippen LogP contribution in [0.2, 0.25) is 5.15 Å². The molecule has 1 aliphatic rings. The van der Waals surface area contributed by atoms with E-state index in [1.54, 1.807) is 4.90 Å². The maximum atomic E-state index is 13.6. The normalized spacial score (nSPS) is 14.9. The van der Waals surface area contributed by atoms with Crippen LogP contribution in [0.5, 0.6) is 5.75 Å². The van der Waals surface area contributed by atoms with E-state index in [-0.39, 0.29) is 49.0 Å². The van der Waals surface area contributed by atoms with E-state index < -0.39 is 5.41 Å². The van der Waals surface area contributed by atoms with Gasteiger partial charge in [-0.05, 0) is 17.0 Å². The molecule has 2 N–H and O–H groups in total. The molecule has 0 spiro atoms. The van der Waals surface area contributed by atoms with E-state index in [9.17, 15) is 9.59 Å². The molecule has 0 bridgehead atoms. The number of aliphatic hydroxyl groups is 1. The van der Waals surface area contributed by atoms with Gasteiger partial charge in [-0.15, -0.1) is 0 Å². The van der Waals surface area contributed by atoms with Crippen LogP contribution >= 0.6 is 11.6 Å². The molecule has 3 rings (SSSR count). The van der Waals surface area contributed by atoms with Crippen molar-refractivity contribution in [2.24, 2.45) is 0 Å². The van der Waals surface area contributed by atoms with Gasteiger partial charge < -0.3 is 20.1 Å². The second-order valence-electron chi connectivity index (χ2n) is 7.71. The molecule has 1 aliphatic heterocycles. The number of hydrogen-bond acceptors (Lipinski definition) is 5. The molecule has 2 heterocycles. The number of ether oxygens (including phenoxy) is 1. The number of amides is 2. The highest BCUT2D eigenvalue weighted by molar-refractivity contribution is 6.29. The molecule has 0 atom stereocenters. The predicted octanol–water partition coefficient (Wildman–Crippen LogP) is 2.97. The Kier molecular flexibility index (Phi) is 6.63. The van der Waals surface area contributed by atoms with Crippen molar-refractivity contribution in [1.82, 2.24) is 9.88 Å². The molecule has 8 heteroatoms. The van der Waals surface area contributed by atoms with Crippen LogP contribution in [0.3, 0.4) is 0 Å². The van der Waals surface area contributed by atoms with E-state index >= 15 is 0 Å². The molecule has 0 aliphatic carbocycles. The molecule has 0 saturated carbocycles. The van der Waals surface area contributed by atoms with Gasteiger partial charge in [0.15, 0.2) is 0 Å². The molecule has 30 heavy (non-hydrogen) atoms. The molecule has 7 nitrogen and oxygen atoms in total. The zero-order valence-electron chi connectivity index (χ0n) is 17.3. The number of aromatic nitrogens is 1. The zero-order valence-corrected chi connectivity index (χ0v) is 18.1. The van der Waals surface area contributed by atoms with Crippen LogP contribution in [0.4, 0.5) is 5.69 Å². The molecule has 1 aromatic heterocycles. The van der Waals surface area contributed by atoms with Gasteiger partial charge in [0.25, 0.3) is 0 Å². The minimum atomic E-state index is -0.906. The molecule has 1 aromatic carbocycles. The Morgan fingerprint density at radius 3 is 2.67 bits per heavy atom. The third kappa shape index (κ3) is 4.13. The van der Waals surface area contributed by atoms with E-state index in [4.69, 9.17) is 21.4 Å². The third-order valence-electron chi connectivity index (χ3n) is 5.43. The van der Waals surface area contributed by atoms with Crippen LogP contribution in [-0.2, 0) is 15.0 Å². The summed E-state index contributed by atoms with van der Waals surface area (Å²) in [6.07, 6.45) is 1.49. The first-order valence-electron chi connectivity index (χ1n) is 9.81. The first-order valence-corrected chi connectivity index (χ1v) is 10.2. The van der Waals surface area contributed by atoms with Crippen LogP contribution in [-0.4, -0.2) is 53.6 Å². The number of hydrogen-bond donors (Lipinski definition) is 2. The highest BCUT2D eigenvalue weighted by Crippen LogP contribution is 2.40. The molecule has 1 fully saturated rings. The first-order chi connectivity index (χ1) is 14.3. The second kappa shape index (κ2) is 9.02. The lowest BCUT2D eigenvalue weighted by molar-refractivity contribution is -0.144. The number of halogens is 1. The molecular weight excluding hydrogens is 406 g/mol. The maximum Gasteiger partial charge on any atom is 0.238 e. The van der Waals surface area contributed by atoms with Crippen molar-refractivity contribution < 1.29 is 19.4 Å². The average Bonchev–Trinajstić information content (AvgIpc) is 2.69. The lowest BCUT2D eigenvalue weighted by Gasteiger charge is -2.50. The Hall–Kier alpha value is -2.64. The van der Waals surface area contributed by atoms with E-state index in [0.29, 0.717) is 11.4 Å². The number of anilines is 1. The summed E-state index contributed by atoms with van der Waals surface area (Å²) in [4.78, 5) is 31.5. The SMILES string of the molecule is COc1cc(Cl)ncc1NC(=O)C1(c2ccccc2C(C)C)CN(C(=O)CCO)C1. The van der Waals surface area contributed by atoms with Crippen LogP contribution < -0.4 is 10.1 Å². The summed E-state index contributed by atoms with van der Waals surface area (Å²) in [5.74, 6) is 0.197. The summed E-state index contributed by atoms with van der Waals surface area (Å²) < 4.78 is 5.32. The van der Waals surface area contributed by atoms with Crippen LogP contribution in [0.15, 0.2) is 36.5 Å². The molecular formula is C22H26ClN3O4. The summed E-state index contributed by atoms with van der Waals surface area (Å²) in [7, 11) is 1.49. The summed E-state index contributed by atoms with van der Waals surface area (Å²) in [5, 5.41) is 12.3. The number of carbonyl (C=O) groups excluding carboxylic acids is 2. The van der Waals surface area contributed by atoms with Gasteiger partial charge in [-0.3, -0.25) is 9.59 Å². The third-order valence-corrected chi connectivity index (χ3v) is 5.64. The number of pyridine rings is 1. The Morgan fingerprint density at radius 2 is 2.03 bits per heavy atom. The highest BCUT2D eigenvalue weighted by Gasteiger charge is 2.53. The van der Waals surface area contributed by atoms with Crippen molar-refractivity contribution in [3.05, 3.63) is 52.8 Å².